The second kappa shape index (κ2) is 7.08. The fourth-order valence-corrected chi connectivity index (χ4v) is 2.48. The first kappa shape index (κ1) is 16.2. The molecule has 1 aromatic rings. The van der Waals surface area contributed by atoms with Crippen molar-refractivity contribution in [3.63, 3.8) is 0 Å². The normalized spacial score (nSPS) is 19.6. The van der Waals surface area contributed by atoms with Gasteiger partial charge in [-0.15, -0.1) is 12.4 Å². The van der Waals surface area contributed by atoms with E-state index in [1.165, 1.54) is 12.1 Å². The zero-order chi connectivity index (χ0) is 13.1. The third-order valence-electron chi connectivity index (χ3n) is 3.16. The molecule has 1 saturated heterocycles. The summed E-state index contributed by atoms with van der Waals surface area (Å²) in [5.74, 6) is -0.403. The molecule has 1 aliphatic heterocycles. The molecule has 2 unspecified atom stereocenters. The Morgan fingerprint density at radius 2 is 2.32 bits per heavy atom. The van der Waals surface area contributed by atoms with E-state index in [4.69, 9.17) is 11.6 Å². The number of amides is 1. The highest BCUT2D eigenvalue weighted by Gasteiger charge is 2.23. The Kier molecular flexibility index (Phi) is 6.04. The molecule has 0 saturated carbocycles. The monoisotopic (exact) mass is 306 g/mol. The van der Waals surface area contributed by atoms with E-state index in [9.17, 15) is 9.18 Å². The lowest BCUT2D eigenvalue weighted by molar-refractivity contribution is -0.123. The van der Waals surface area contributed by atoms with Gasteiger partial charge in [-0.2, -0.15) is 0 Å². The smallest absolute Gasteiger partial charge is 0.237 e. The topological polar surface area (TPSA) is 41.1 Å². The average molecular weight is 307 g/mol. The minimum atomic E-state index is -0.375. The van der Waals surface area contributed by atoms with Crippen LogP contribution in [0.5, 0.6) is 0 Å². The highest BCUT2D eigenvalue weighted by Crippen LogP contribution is 2.23. The summed E-state index contributed by atoms with van der Waals surface area (Å²) < 4.78 is 12.9. The molecular formula is C13H17Cl2FN2O. The predicted octanol–water partition coefficient (Wildman–Crippen LogP) is 2.83. The third kappa shape index (κ3) is 4.06. The maximum atomic E-state index is 12.9. The summed E-state index contributed by atoms with van der Waals surface area (Å²) >= 11 is 5.96. The molecular weight excluding hydrogens is 290 g/mol. The molecule has 2 N–H and O–H groups in total. The molecule has 2 rings (SSSR count). The number of benzene rings is 1. The molecule has 0 aromatic heterocycles. The Bertz CT molecular complexity index is 450. The number of halogens is 3. The maximum Gasteiger partial charge on any atom is 0.237 e. The van der Waals surface area contributed by atoms with Crippen molar-refractivity contribution < 1.29 is 9.18 Å². The van der Waals surface area contributed by atoms with Crippen LogP contribution in [0, 0.1) is 5.82 Å². The van der Waals surface area contributed by atoms with Crippen LogP contribution in [-0.2, 0) is 4.79 Å². The van der Waals surface area contributed by atoms with Crippen molar-refractivity contribution in [2.75, 3.05) is 6.54 Å². The molecule has 1 heterocycles. The van der Waals surface area contributed by atoms with Gasteiger partial charge < -0.3 is 10.6 Å². The van der Waals surface area contributed by atoms with Crippen LogP contribution < -0.4 is 10.6 Å². The Hall–Kier alpha value is -0.840. The van der Waals surface area contributed by atoms with Gasteiger partial charge in [-0.05, 0) is 44.0 Å². The molecule has 2 atom stereocenters. The summed E-state index contributed by atoms with van der Waals surface area (Å²) in [5.41, 5.74) is 0.726. The number of hydrogen-bond donors (Lipinski definition) is 2. The minimum absolute atomic E-state index is 0. The predicted molar refractivity (Wildman–Crippen MR) is 76.2 cm³/mol. The van der Waals surface area contributed by atoms with Crippen molar-refractivity contribution >= 4 is 29.9 Å². The fourth-order valence-electron chi connectivity index (χ4n) is 2.15. The van der Waals surface area contributed by atoms with E-state index in [-0.39, 0.29) is 36.2 Å². The van der Waals surface area contributed by atoms with E-state index in [1.54, 1.807) is 6.07 Å². The molecule has 1 aromatic carbocycles. The second-order valence-electron chi connectivity index (χ2n) is 4.55. The van der Waals surface area contributed by atoms with E-state index in [0.29, 0.717) is 5.02 Å². The summed E-state index contributed by atoms with van der Waals surface area (Å²) in [6, 6.07) is 3.86. The standard InChI is InChI=1S/C13H16ClFN2O.ClH/c1-8(10-5-4-9(15)7-11(10)14)17-13(18)12-3-2-6-16-12;/h4-5,7-8,12,16H,2-3,6H2,1H3,(H,17,18);1H. The van der Waals surface area contributed by atoms with Gasteiger partial charge in [-0.3, -0.25) is 4.79 Å². The average Bonchev–Trinajstić information content (AvgIpc) is 2.81. The van der Waals surface area contributed by atoms with Gasteiger partial charge in [0.05, 0.1) is 12.1 Å². The Balaban J connectivity index is 0.00000180. The van der Waals surface area contributed by atoms with Crippen LogP contribution in [0.2, 0.25) is 5.02 Å². The van der Waals surface area contributed by atoms with Gasteiger partial charge in [0.2, 0.25) is 5.91 Å². The summed E-state index contributed by atoms with van der Waals surface area (Å²) in [5, 5.41) is 6.36. The van der Waals surface area contributed by atoms with E-state index in [0.717, 1.165) is 24.9 Å². The van der Waals surface area contributed by atoms with Crippen LogP contribution in [0.25, 0.3) is 0 Å². The number of hydrogen-bond acceptors (Lipinski definition) is 2. The quantitative estimate of drug-likeness (QED) is 0.901. The van der Waals surface area contributed by atoms with Crippen molar-refractivity contribution in [1.82, 2.24) is 10.6 Å². The maximum absolute atomic E-state index is 12.9. The zero-order valence-corrected chi connectivity index (χ0v) is 12.2. The van der Waals surface area contributed by atoms with Crippen molar-refractivity contribution in [2.24, 2.45) is 0 Å². The zero-order valence-electron chi connectivity index (χ0n) is 10.6. The van der Waals surface area contributed by atoms with E-state index < -0.39 is 0 Å². The van der Waals surface area contributed by atoms with Gasteiger partial charge in [0.1, 0.15) is 5.82 Å². The number of carbonyl (C=O) groups is 1. The van der Waals surface area contributed by atoms with Gasteiger partial charge in [0.15, 0.2) is 0 Å². The first-order valence-corrected chi connectivity index (χ1v) is 6.44. The molecule has 0 bridgehead atoms. The van der Waals surface area contributed by atoms with Crippen LogP contribution in [0.1, 0.15) is 31.4 Å². The van der Waals surface area contributed by atoms with Gasteiger partial charge >= 0.3 is 0 Å². The Morgan fingerprint density at radius 3 is 2.89 bits per heavy atom. The SMILES string of the molecule is CC(NC(=O)C1CCCN1)c1ccc(F)cc1Cl.Cl. The van der Waals surface area contributed by atoms with E-state index >= 15 is 0 Å². The molecule has 1 aliphatic rings. The molecule has 0 radical (unpaired) electrons. The fraction of sp³-hybridized carbons (Fsp3) is 0.462. The van der Waals surface area contributed by atoms with Crippen LogP contribution in [-0.4, -0.2) is 18.5 Å². The van der Waals surface area contributed by atoms with Gasteiger partial charge in [-0.25, -0.2) is 4.39 Å². The van der Waals surface area contributed by atoms with Crippen LogP contribution in [0.3, 0.4) is 0 Å². The summed E-state index contributed by atoms with van der Waals surface area (Å²) in [6.07, 6.45) is 1.87. The van der Waals surface area contributed by atoms with Crippen molar-refractivity contribution in [3.05, 3.63) is 34.6 Å². The third-order valence-corrected chi connectivity index (χ3v) is 3.49. The molecule has 1 fully saturated rings. The first-order valence-electron chi connectivity index (χ1n) is 6.06. The van der Waals surface area contributed by atoms with Gasteiger partial charge in [0.25, 0.3) is 0 Å². The Labute approximate surface area is 123 Å². The lowest BCUT2D eigenvalue weighted by atomic mass is 10.1. The lowest BCUT2D eigenvalue weighted by Crippen LogP contribution is -2.41. The van der Waals surface area contributed by atoms with Gasteiger partial charge in [0, 0.05) is 5.02 Å². The Morgan fingerprint density at radius 1 is 1.58 bits per heavy atom. The molecule has 0 aliphatic carbocycles. The van der Waals surface area contributed by atoms with Crippen LogP contribution >= 0.6 is 24.0 Å². The number of nitrogens with one attached hydrogen (secondary N) is 2. The molecule has 1 amide bonds. The minimum Gasteiger partial charge on any atom is -0.348 e. The number of rotatable bonds is 3. The highest BCUT2D eigenvalue weighted by atomic mass is 35.5. The summed E-state index contributed by atoms with van der Waals surface area (Å²) in [4.78, 5) is 11.9. The first-order chi connectivity index (χ1) is 8.58. The molecule has 0 spiro atoms. The number of carbonyl (C=O) groups excluding carboxylic acids is 1. The van der Waals surface area contributed by atoms with Crippen molar-refractivity contribution in [1.29, 1.82) is 0 Å². The van der Waals surface area contributed by atoms with Gasteiger partial charge in [-0.1, -0.05) is 17.7 Å². The largest absolute Gasteiger partial charge is 0.348 e. The summed E-state index contributed by atoms with van der Waals surface area (Å²) in [6.45, 7) is 2.72. The highest BCUT2D eigenvalue weighted by molar-refractivity contribution is 6.31. The molecule has 6 heteroatoms. The summed E-state index contributed by atoms with van der Waals surface area (Å²) in [7, 11) is 0. The second-order valence-corrected chi connectivity index (χ2v) is 4.95. The molecule has 3 nitrogen and oxygen atoms in total. The van der Waals surface area contributed by atoms with Crippen molar-refractivity contribution in [3.8, 4) is 0 Å². The van der Waals surface area contributed by atoms with E-state index in [2.05, 4.69) is 10.6 Å². The molecule has 106 valence electrons. The van der Waals surface area contributed by atoms with Crippen LogP contribution in [0.4, 0.5) is 4.39 Å². The molecule has 19 heavy (non-hydrogen) atoms. The van der Waals surface area contributed by atoms with Crippen molar-refractivity contribution in [2.45, 2.75) is 31.8 Å². The van der Waals surface area contributed by atoms with Crippen LogP contribution in [0.15, 0.2) is 18.2 Å². The lowest BCUT2D eigenvalue weighted by Gasteiger charge is -2.18. The van der Waals surface area contributed by atoms with E-state index in [1.807, 2.05) is 6.92 Å².